The molecule has 1 fully saturated rings. The monoisotopic (exact) mass is 327 g/mol. The Morgan fingerprint density at radius 2 is 1.82 bits per heavy atom. The number of amides is 1. The van der Waals surface area contributed by atoms with Crippen LogP contribution in [0.5, 0.6) is 5.75 Å². The number of benzene rings is 2. The maximum atomic E-state index is 11.8. The quantitative estimate of drug-likeness (QED) is 0.685. The van der Waals surface area contributed by atoms with E-state index < -0.39 is 0 Å². The molecule has 2 aromatic carbocycles. The van der Waals surface area contributed by atoms with E-state index >= 15 is 0 Å². The molecule has 0 radical (unpaired) electrons. The van der Waals surface area contributed by atoms with Gasteiger partial charge in [-0.2, -0.15) is 0 Å². The van der Waals surface area contributed by atoms with E-state index in [2.05, 4.69) is 5.32 Å². The predicted octanol–water partition coefficient (Wildman–Crippen LogP) is 3.75. The lowest BCUT2D eigenvalue weighted by Crippen LogP contribution is -2.17. The molecule has 2 aromatic rings. The first kappa shape index (κ1) is 14.8. The molecular formula is C17H13NO2S2. The number of thiocarbonyl (C=S) groups is 1. The molecule has 0 aliphatic carbocycles. The summed E-state index contributed by atoms with van der Waals surface area (Å²) >= 11 is 6.26. The van der Waals surface area contributed by atoms with Crippen molar-refractivity contribution in [3.63, 3.8) is 0 Å². The number of carbonyl (C=O) groups is 1. The van der Waals surface area contributed by atoms with Gasteiger partial charge >= 0.3 is 0 Å². The lowest BCUT2D eigenvalue weighted by Gasteiger charge is -2.09. The minimum atomic E-state index is -0.159. The first-order chi connectivity index (χ1) is 10.7. The molecule has 3 nitrogen and oxygen atoms in total. The van der Waals surface area contributed by atoms with Gasteiger partial charge < -0.3 is 10.1 Å². The molecule has 3 rings (SSSR count). The van der Waals surface area contributed by atoms with Crippen molar-refractivity contribution in [3.8, 4) is 5.75 Å². The normalized spacial score (nSPS) is 15.9. The zero-order valence-electron chi connectivity index (χ0n) is 11.6. The smallest absolute Gasteiger partial charge is 0.263 e. The van der Waals surface area contributed by atoms with Crippen LogP contribution in [0, 0.1) is 0 Å². The highest BCUT2D eigenvalue weighted by molar-refractivity contribution is 8.26. The zero-order valence-corrected chi connectivity index (χ0v) is 13.2. The summed E-state index contributed by atoms with van der Waals surface area (Å²) in [5.74, 6) is 0.581. The average Bonchev–Trinajstić information content (AvgIpc) is 2.85. The van der Waals surface area contributed by atoms with Gasteiger partial charge in [0.15, 0.2) is 0 Å². The molecule has 1 heterocycles. The minimum Gasteiger partial charge on any atom is -0.488 e. The van der Waals surface area contributed by atoms with Gasteiger partial charge in [0.05, 0.1) is 4.91 Å². The SMILES string of the molecule is O=C1NC(=S)SC1=Cc1ccccc1OCc1ccccc1. The van der Waals surface area contributed by atoms with Crippen molar-refractivity contribution < 1.29 is 9.53 Å². The standard InChI is InChI=1S/C17H13NO2S2/c19-16-15(22-17(21)18-16)10-13-8-4-5-9-14(13)20-11-12-6-2-1-3-7-12/h1-10H,11H2,(H,18,19,21). The van der Waals surface area contributed by atoms with Crippen molar-refractivity contribution in [2.75, 3.05) is 0 Å². The summed E-state index contributed by atoms with van der Waals surface area (Å²) in [5.41, 5.74) is 1.96. The van der Waals surface area contributed by atoms with Crippen molar-refractivity contribution >= 4 is 40.3 Å². The Kier molecular flexibility index (Phi) is 4.56. The summed E-state index contributed by atoms with van der Waals surface area (Å²) in [6.45, 7) is 0.485. The third-order valence-electron chi connectivity index (χ3n) is 3.08. The Bertz CT molecular complexity index is 741. The third-order valence-corrected chi connectivity index (χ3v) is 4.25. The highest BCUT2D eigenvalue weighted by Gasteiger charge is 2.22. The van der Waals surface area contributed by atoms with Gasteiger partial charge in [0.25, 0.3) is 5.91 Å². The fourth-order valence-corrected chi connectivity index (χ4v) is 3.06. The van der Waals surface area contributed by atoms with E-state index in [9.17, 15) is 4.79 Å². The van der Waals surface area contributed by atoms with Crippen LogP contribution in [-0.2, 0) is 11.4 Å². The molecule has 1 saturated heterocycles. The number of ether oxygens (including phenoxy) is 1. The van der Waals surface area contributed by atoms with E-state index in [0.29, 0.717) is 15.8 Å². The van der Waals surface area contributed by atoms with Gasteiger partial charge in [0.2, 0.25) is 0 Å². The Morgan fingerprint density at radius 1 is 1.09 bits per heavy atom. The summed E-state index contributed by atoms with van der Waals surface area (Å²) in [4.78, 5) is 12.3. The van der Waals surface area contributed by atoms with Crippen LogP contribution in [-0.4, -0.2) is 10.2 Å². The zero-order chi connectivity index (χ0) is 15.4. The topological polar surface area (TPSA) is 38.3 Å². The molecule has 1 aliphatic rings. The highest BCUT2D eigenvalue weighted by atomic mass is 32.2. The van der Waals surface area contributed by atoms with Gasteiger partial charge in [-0.25, -0.2) is 0 Å². The lowest BCUT2D eigenvalue weighted by molar-refractivity contribution is -0.115. The Morgan fingerprint density at radius 3 is 2.55 bits per heavy atom. The van der Waals surface area contributed by atoms with Crippen LogP contribution in [0.15, 0.2) is 59.5 Å². The maximum Gasteiger partial charge on any atom is 0.263 e. The number of hydrogen-bond donors (Lipinski definition) is 1. The molecule has 1 N–H and O–H groups in total. The summed E-state index contributed by atoms with van der Waals surface area (Å²) < 4.78 is 6.36. The van der Waals surface area contributed by atoms with Crippen molar-refractivity contribution in [1.82, 2.24) is 5.32 Å². The van der Waals surface area contributed by atoms with Gasteiger partial charge in [-0.15, -0.1) is 0 Å². The van der Waals surface area contributed by atoms with Crippen molar-refractivity contribution in [2.45, 2.75) is 6.61 Å². The van der Waals surface area contributed by atoms with Gasteiger partial charge in [-0.05, 0) is 17.7 Å². The summed E-state index contributed by atoms with van der Waals surface area (Å²) in [6.07, 6.45) is 1.81. The van der Waals surface area contributed by atoms with Crippen LogP contribution in [0.25, 0.3) is 6.08 Å². The largest absolute Gasteiger partial charge is 0.488 e. The molecule has 0 saturated carbocycles. The van der Waals surface area contributed by atoms with E-state index in [1.807, 2.05) is 54.6 Å². The molecule has 1 aliphatic heterocycles. The Hall–Kier alpha value is -2.11. The van der Waals surface area contributed by atoms with Gasteiger partial charge in [-0.3, -0.25) is 4.79 Å². The summed E-state index contributed by atoms with van der Waals surface area (Å²) in [7, 11) is 0. The van der Waals surface area contributed by atoms with Gasteiger partial charge in [0, 0.05) is 5.56 Å². The van der Waals surface area contributed by atoms with Gasteiger partial charge in [-0.1, -0.05) is 72.5 Å². The summed E-state index contributed by atoms with van der Waals surface area (Å²) in [6, 6.07) is 17.6. The minimum absolute atomic E-state index is 0.159. The molecule has 0 aromatic heterocycles. The summed E-state index contributed by atoms with van der Waals surface area (Å²) in [5, 5.41) is 2.61. The van der Waals surface area contributed by atoms with E-state index in [1.165, 1.54) is 11.8 Å². The van der Waals surface area contributed by atoms with Crippen LogP contribution < -0.4 is 10.1 Å². The molecule has 22 heavy (non-hydrogen) atoms. The lowest BCUT2D eigenvalue weighted by atomic mass is 10.2. The Balaban J connectivity index is 1.80. The second-order valence-electron chi connectivity index (χ2n) is 4.66. The molecule has 0 spiro atoms. The van der Waals surface area contributed by atoms with E-state index in [-0.39, 0.29) is 5.91 Å². The van der Waals surface area contributed by atoms with E-state index in [1.54, 1.807) is 6.08 Å². The van der Waals surface area contributed by atoms with Crippen LogP contribution in [0.2, 0.25) is 0 Å². The van der Waals surface area contributed by atoms with Crippen LogP contribution in [0.3, 0.4) is 0 Å². The Labute approximate surface area is 138 Å². The van der Waals surface area contributed by atoms with Crippen molar-refractivity contribution in [3.05, 3.63) is 70.6 Å². The fraction of sp³-hybridized carbons (Fsp3) is 0.0588. The number of rotatable bonds is 4. The first-order valence-corrected chi connectivity index (χ1v) is 7.95. The van der Waals surface area contributed by atoms with E-state index in [4.69, 9.17) is 17.0 Å². The van der Waals surface area contributed by atoms with Crippen molar-refractivity contribution in [2.24, 2.45) is 0 Å². The number of carbonyl (C=O) groups excluding carboxylic acids is 1. The number of nitrogens with one attached hydrogen (secondary N) is 1. The molecule has 5 heteroatoms. The second-order valence-corrected chi connectivity index (χ2v) is 6.38. The van der Waals surface area contributed by atoms with Crippen LogP contribution in [0.1, 0.15) is 11.1 Å². The molecule has 0 bridgehead atoms. The van der Waals surface area contributed by atoms with Crippen LogP contribution in [0.4, 0.5) is 0 Å². The highest BCUT2D eigenvalue weighted by Crippen LogP contribution is 2.29. The maximum absolute atomic E-state index is 11.8. The molecule has 110 valence electrons. The third kappa shape index (κ3) is 3.55. The van der Waals surface area contributed by atoms with Crippen molar-refractivity contribution in [1.29, 1.82) is 0 Å². The van der Waals surface area contributed by atoms with Gasteiger partial charge in [0.1, 0.15) is 16.7 Å². The van der Waals surface area contributed by atoms with Crippen LogP contribution >= 0.6 is 24.0 Å². The second kappa shape index (κ2) is 6.77. The van der Waals surface area contributed by atoms with E-state index in [0.717, 1.165) is 16.9 Å². The molecule has 0 unspecified atom stereocenters. The molecule has 1 amide bonds. The fourth-order valence-electron chi connectivity index (χ4n) is 2.03. The number of para-hydroxylation sites is 1. The first-order valence-electron chi connectivity index (χ1n) is 6.73. The number of thioether (sulfide) groups is 1. The predicted molar refractivity (Wildman–Crippen MR) is 93.5 cm³/mol. The molecular weight excluding hydrogens is 314 g/mol. The average molecular weight is 327 g/mol. The number of hydrogen-bond acceptors (Lipinski definition) is 4. The molecule has 0 atom stereocenters.